The maximum atomic E-state index is 11.8. The lowest BCUT2D eigenvalue weighted by molar-refractivity contribution is -0.115. The van der Waals surface area contributed by atoms with Gasteiger partial charge in [0.25, 0.3) is 11.1 Å². The van der Waals surface area contributed by atoms with Crippen LogP contribution in [-0.4, -0.2) is 45.9 Å². The van der Waals surface area contributed by atoms with Crippen molar-refractivity contribution in [1.82, 2.24) is 25.8 Å². The van der Waals surface area contributed by atoms with E-state index in [1.807, 2.05) is 13.8 Å². The van der Waals surface area contributed by atoms with Gasteiger partial charge in [0.15, 0.2) is 0 Å². The van der Waals surface area contributed by atoms with Gasteiger partial charge in [-0.15, -0.1) is 0 Å². The smallest absolute Gasteiger partial charge is 0.290 e. The Balaban J connectivity index is 1.15. The number of aryl methyl sites for hydroxylation is 2. The van der Waals surface area contributed by atoms with Crippen molar-refractivity contribution in [1.29, 1.82) is 0 Å². The van der Waals surface area contributed by atoms with Crippen LogP contribution in [0.15, 0.2) is 46.0 Å². The number of anilines is 1. The van der Waals surface area contributed by atoms with Crippen LogP contribution in [0.5, 0.6) is 0 Å². The maximum Gasteiger partial charge on any atom is 0.290 e. The Morgan fingerprint density at radius 2 is 2.00 bits per heavy atom. The van der Waals surface area contributed by atoms with Gasteiger partial charge in [0.05, 0.1) is 16.3 Å². The van der Waals surface area contributed by atoms with Gasteiger partial charge in [0.2, 0.25) is 5.95 Å². The number of rotatable bonds is 7. The minimum absolute atomic E-state index is 0.352. The van der Waals surface area contributed by atoms with Crippen LogP contribution in [0, 0.1) is 19.8 Å². The Hall–Kier alpha value is -3.50. The van der Waals surface area contributed by atoms with E-state index in [0.29, 0.717) is 22.5 Å². The van der Waals surface area contributed by atoms with Crippen LogP contribution in [0.4, 0.5) is 10.7 Å². The molecule has 1 aromatic carbocycles. The summed E-state index contributed by atoms with van der Waals surface area (Å²) in [7, 11) is 0. The molecule has 0 bridgehead atoms. The number of hydrogen-bond acceptors (Lipinski definition) is 9. The number of nitrogens with zero attached hydrogens (tertiary/aromatic N) is 4. The number of thioether (sulfide) groups is 1. The summed E-state index contributed by atoms with van der Waals surface area (Å²) >= 11 is 0.890. The Bertz CT molecular complexity index is 1290. The average molecular weight is 505 g/mol. The number of carbonyl (C=O) groups is 2. The molecule has 0 spiro atoms. The first-order valence-corrected chi connectivity index (χ1v) is 12.8. The van der Waals surface area contributed by atoms with Crippen molar-refractivity contribution in [2.75, 3.05) is 24.5 Å². The van der Waals surface area contributed by atoms with Crippen molar-refractivity contribution in [2.45, 2.75) is 33.2 Å². The lowest BCUT2D eigenvalue weighted by Crippen LogP contribution is -2.38. The third kappa shape index (κ3) is 5.34. The van der Waals surface area contributed by atoms with Crippen molar-refractivity contribution in [3.8, 4) is 11.1 Å². The molecule has 5 rings (SSSR count). The highest BCUT2D eigenvalue weighted by Gasteiger charge is 2.26. The first-order chi connectivity index (χ1) is 17.5. The fourth-order valence-corrected chi connectivity index (χ4v) is 5.35. The number of carbonyl (C=O) groups excluding carboxylic acids is 2. The molecular weight excluding hydrogens is 476 g/mol. The predicted octanol–water partition coefficient (Wildman–Crippen LogP) is 4.08. The third-order valence-corrected chi connectivity index (χ3v) is 7.36. The molecule has 2 fully saturated rings. The molecule has 2 aliphatic heterocycles. The van der Waals surface area contributed by atoms with Crippen LogP contribution in [0.25, 0.3) is 17.2 Å². The number of aromatic nitrogens is 3. The molecule has 2 aliphatic rings. The van der Waals surface area contributed by atoms with E-state index >= 15 is 0 Å². The second-order valence-corrected chi connectivity index (χ2v) is 10.1. The lowest BCUT2D eigenvalue weighted by Gasteiger charge is -2.32. The monoisotopic (exact) mass is 504 g/mol. The van der Waals surface area contributed by atoms with Crippen LogP contribution in [-0.2, 0) is 11.3 Å². The lowest BCUT2D eigenvalue weighted by atomic mass is 9.96. The van der Waals surface area contributed by atoms with Crippen molar-refractivity contribution in [3.05, 3.63) is 64.1 Å². The molecule has 2 amide bonds. The largest absolute Gasteiger partial charge is 0.361 e. The summed E-state index contributed by atoms with van der Waals surface area (Å²) < 4.78 is 5.38. The highest BCUT2D eigenvalue weighted by atomic mass is 32.2. The summed E-state index contributed by atoms with van der Waals surface area (Å²) in [5.41, 5.74) is 5.01. The van der Waals surface area contributed by atoms with Crippen LogP contribution >= 0.6 is 11.8 Å². The molecule has 2 saturated heterocycles. The molecule has 2 aromatic heterocycles. The predicted molar refractivity (Wildman–Crippen MR) is 139 cm³/mol. The number of piperidine rings is 1. The number of imide groups is 1. The molecule has 3 aromatic rings. The summed E-state index contributed by atoms with van der Waals surface area (Å²) in [6, 6.07) is 10.1. The van der Waals surface area contributed by atoms with E-state index in [0.717, 1.165) is 67.8 Å². The van der Waals surface area contributed by atoms with Gasteiger partial charge in [0, 0.05) is 31.4 Å². The van der Waals surface area contributed by atoms with Crippen molar-refractivity contribution in [3.63, 3.8) is 0 Å². The molecule has 0 aliphatic carbocycles. The second-order valence-electron chi connectivity index (χ2n) is 9.05. The second kappa shape index (κ2) is 10.6. The summed E-state index contributed by atoms with van der Waals surface area (Å²) in [6.07, 6.45) is 5.41. The molecule has 4 heterocycles. The number of nitrogens with one attached hydrogen (secondary N) is 2. The highest BCUT2D eigenvalue weighted by molar-refractivity contribution is 8.18. The number of amides is 2. The maximum absolute atomic E-state index is 11.8. The van der Waals surface area contributed by atoms with E-state index in [-0.39, 0.29) is 11.1 Å². The van der Waals surface area contributed by atoms with E-state index in [1.165, 1.54) is 11.1 Å². The standard InChI is InChI=1S/C26H28N6O3S/c1-16-23(17(2)35-31-16)21-6-4-3-5-19(21)15-27-14-18-8-11-32(12-9-18)25-28-10-7-20(29-25)13-22-24(33)30-26(34)36-22/h3-7,10,13,18,27H,8-9,11-12,14-15H2,1-2H3,(H,30,33,34)/b22-13+. The first kappa shape index (κ1) is 24.2. The van der Waals surface area contributed by atoms with Crippen LogP contribution < -0.4 is 15.5 Å². The molecule has 36 heavy (non-hydrogen) atoms. The van der Waals surface area contributed by atoms with Crippen LogP contribution in [0.2, 0.25) is 0 Å². The van der Waals surface area contributed by atoms with E-state index < -0.39 is 0 Å². The zero-order valence-electron chi connectivity index (χ0n) is 20.3. The van der Waals surface area contributed by atoms with Gasteiger partial charge in [-0.25, -0.2) is 9.97 Å². The fourth-order valence-electron chi connectivity index (χ4n) is 4.68. The summed E-state index contributed by atoms with van der Waals surface area (Å²) in [6.45, 7) is 7.40. The summed E-state index contributed by atoms with van der Waals surface area (Å²) in [4.78, 5) is 34.8. The quantitative estimate of drug-likeness (QED) is 0.460. The Morgan fingerprint density at radius 3 is 2.72 bits per heavy atom. The summed E-state index contributed by atoms with van der Waals surface area (Å²) in [5, 5.41) is 9.66. The third-order valence-electron chi connectivity index (χ3n) is 6.55. The van der Waals surface area contributed by atoms with Gasteiger partial charge < -0.3 is 14.7 Å². The normalized spacial score (nSPS) is 17.7. The first-order valence-electron chi connectivity index (χ1n) is 12.0. The zero-order chi connectivity index (χ0) is 25.1. The van der Waals surface area contributed by atoms with Crippen molar-refractivity contribution < 1.29 is 14.1 Å². The van der Waals surface area contributed by atoms with Crippen LogP contribution in [0.1, 0.15) is 35.6 Å². The van der Waals surface area contributed by atoms with Gasteiger partial charge in [0.1, 0.15) is 5.76 Å². The molecular formula is C26H28N6O3S. The molecule has 2 N–H and O–H groups in total. The molecule has 0 radical (unpaired) electrons. The molecule has 0 atom stereocenters. The van der Waals surface area contributed by atoms with E-state index in [4.69, 9.17) is 4.52 Å². The summed E-state index contributed by atoms with van der Waals surface area (Å²) in [5.74, 6) is 1.68. The fraction of sp³-hybridized carbons (Fsp3) is 0.346. The van der Waals surface area contributed by atoms with Gasteiger partial charge >= 0.3 is 0 Å². The van der Waals surface area contributed by atoms with Gasteiger partial charge in [-0.1, -0.05) is 29.4 Å². The minimum Gasteiger partial charge on any atom is -0.361 e. The van der Waals surface area contributed by atoms with Gasteiger partial charge in [-0.3, -0.25) is 14.9 Å². The topological polar surface area (TPSA) is 113 Å². The Labute approximate surface area is 213 Å². The molecule has 186 valence electrons. The van der Waals surface area contributed by atoms with Gasteiger partial charge in [-0.05, 0) is 74.2 Å². The zero-order valence-corrected chi connectivity index (χ0v) is 21.1. The average Bonchev–Trinajstić information content (AvgIpc) is 3.38. The van der Waals surface area contributed by atoms with E-state index in [1.54, 1.807) is 18.3 Å². The van der Waals surface area contributed by atoms with E-state index in [2.05, 4.69) is 54.9 Å². The molecule has 9 nitrogen and oxygen atoms in total. The Morgan fingerprint density at radius 1 is 1.19 bits per heavy atom. The van der Waals surface area contributed by atoms with Crippen LogP contribution in [0.3, 0.4) is 0 Å². The number of benzene rings is 1. The molecule has 0 unspecified atom stereocenters. The Kier molecular flexibility index (Phi) is 7.15. The van der Waals surface area contributed by atoms with Gasteiger partial charge in [-0.2, -0.15) is 0 Å². The number of hydrogen-bond donors (Lipinski definition) is 2. The van der Waals surface area contributed by atoms with E-state index in [9.17, 15) is 9.59 Å². The van der Waals surface area contributed by atoms with Crippen molar-refractivity contribution >= 4 is 34.9 Å². The molecule has 10 heteroatoms. The molecule has 0 saturated carbocycles. The minimum atomic E-state index is -0.382. The van der Waals surface area contributed by atoms with Crippen molar-refractivity contribution in [2.24, 2.45) is 5.92 Å². The highest BCUT2D eigenvalue weighted by Crippen LogP contribution is 2.30. The SMILES string of the molecule is Cc1noc(C)c1-c1ccccc1CNCC1CCN(c2nccc(/C=C3/SC(=O)NC3=O)n2)CC1.